The summed E-state index contributed by atoms with van der Waals surface area (Å²) < 4.78 is 0. The second kappa shape index (κ2) is 5.97. The Labute approximate surface area is 115 Å². The molecule has 1 fully saturated rings. The van der Waals surface area contributed by atoms with Crippen molar-refractivity contribution in [1.29, 1.82) is 0 Å². The zero-order valence-electron chi connectivity index (χ0n) is 10.7. The minimum Gasteiger partial charge on any atom is -0.321 e. The van der Waals surface area contributed by atoms with Crippen molar-refractivity contribution >= 4 is 29.1 Å². The molecule has 0 radical (unpaired) electrons. The molecule has 2 rings (SSSR count). The number of aryl methyl sites for hydroxylation is 1. The van der Waals surface area contributed by atoms with Crippen LogP contribution in [0.5, 0.6) is 0 Å². The Morgan fingerprint density at radius 1 is 1.53 bits per heavy atom. The molecule has 0 aromatic carbocycles. The molecule has 19 heavy (non-hydrogen) atoms. The van der Waals surface area contributed by atoms with Gasteiger partial charge in [-0.2, -0.15) is 0 Å². The summed E-state index contributed by atoms with van der Waals surface area (Å²) in [5.74, 6) is -0.911. The molecular formula is C13H16N2O3S. The van der Waals surface area contributed by atoms with Crippen molar-refractivity contribution in [3.63, 3.8) is 0 Å². The number of piperazine rings is 1. The fourth-order valence-electron chi connectivity index (χ4n) is 2.16. The van der Waals surface area contributed by atoms with Gasteiger partial charge in [0, 0.05) is 11.3 Å². The normalized spacial score (nSPS) is 19.4. The van der Waals surface area contributed by atoms with E-state index in [-0.39, 0.29) is 18.4 Å². The Balaban J connectivity index is 1.99. The number of nitrogens with one attached hydrogen (secondary N) is 1. The highest BCUT2D eigenvalue weighted by atomic mass is 32.1. The molecule has 0 bridgehead atoms. The Hall–Kier alpha value is -1.69. The lowest BCUT2D eigenvalue weighted by atomic mass is 10.1. The van der Waals surface area contributed by atoms with Crippen molar-refractivity contribution in [3.8, 4) is 0 Å². The molecule has 0 spiro atoms. The fourth-order valence-corrected chi connectivity index (χ4v) is 2.87. The van der Waals surface area contributed by atoms with Crippen LogP contribution in [-0.4, -0.2) is 35.2 Å². The first-order valence-electron chi connectivity index (χ1n) is 6.27. The highest BCUT2D eigenvalue weighted by Gasteiger charge is 2.34. The van der Waals surface area contributed by atoms with Crippen LogP contribution < -0.4 is 5.32 Å². The molecule has 5 nitrogen and oxygen atoms in total. The average molecular weight is 280 g/mol. The maximum Gasteiger partial charge on any atom is 0.249 e. The molecule has 1 saturated heterocycles. The summed E-state index contributed by atoms with van der Waals surface area (Å²) in [6, 6.07) is 3.40. The monoisotopic (exact) mass is 280 g/mol. The number of thiophene rings is 1. The fraction of sp³-hybridized carbons (Fsp3) is 0.462. The number of nitrogens with zero attached hydrogens (tertiary/aromatic N) is 1. The third-order valence-corrected chi connectivity index (χ3v) is 4.06. The summed E-state index contributed by atoms with van der Waals surface area (Å²) in [6.45, 7) is 1.81. The Kier molecular flexibility index (Phi) is 4.31. The Bertz CT molecular complexity index is 484. The van der Waals surface area contributed by atoms with Crippen molar-refractivity contribution in [1.82, 2.24) is 10.2 Å². The van der Waals surface area contributed by atoms with Crippen LogP contribution in [0.1, 0.15) is 24.6 Å². The maximum atomic E-state index is 12.2. The number of imide groups is 1. The predicted molar refractivity (Wildman–Crippen MR) is 71.6 cm³/mol. The zero-order chi connectivity index (χ0) is 13.8. The molecule has 0 aliphatic carbocycles. The van der Waals surface area contributed by atoms with Crippen molar-refractivity contribution in [2.24, 2.45) is 0 Å². The lowest BCUT2D eigenvalue weighted by Gasteiger charge is -2.33. The number of carbonyl (C=O) groups excluding carboxylic acids is 3. The van der Waals surface area contributed by atoms with Crippen molar-refractivity contribution in [2.75, 3.05) is 6.54 Å². The van der Waals surface area contributed by atoms with E-state index in [1.54, 1.807) is 11.3 Å². The quantitative estimate of drug-likeness (QED) is 0.835. The first-order chi connectivity index (χ1) is 9.11. The predicted octanol–water partition coefficient (Wildman–Crippen LogP) is 0.944. The second-order valence-electron chi connectivity index (χ2n) is 4.44. The molecule has 6 heteroatoms. The van der Waals surface area contributed by atoms with Gasteiger partial charge in [-0.1, -0.05) is 13.0 Å². The van der Waals surface area contributed by atoms with Crippen LogP contribution >= 0.6 is 11.3 Å². The summed E-state index contributed by atoms with van der Waals surface area (Å²) in [5, 5.41) is 4.23. The van der Waals surface area contributed by atoms with E-state index in [2.05, 4.69) is 5.32 Å². The molecule has 1 aromatic rings. The summed E-state index contributed by atoms with van der Waals surface area (Å²) in [7, 11) is 0. The largest absolute Gasteiger partial charge is 0.321 e. The summed E-state index contributed by atoms with van der Waals surface area (Å²) >= 11 is 1.60. The lowest BCUT2D eigenvalue weighted by Crippen LogP contribution is -2.59. The van der Waals surface area contributed by atoms with Crippen LogP contribution in [-0.2, 0) is 20.8 Å². The van der Waals surface area contributed by atoms with E-state index < -0.39 is 11.9 Å². The van der Waals surface area contributed by atoms with Crippen LogP contribution in [0.15, 0.2) is 17.5 Å². The smallest absolute Gasteiger partial charge is 0.249 e. The van der Waals surface area contributed by atoms with E-state index in [0.717, 1.165) is 4.88 Å². The number of amides is 3. The Morgan fingerprint density at radius 2 is 2.32 bits per heavy atom. The van der Waals surface area contributed by atoms with E-state index in [1.807, 2.05) is 24.4 Å². The number of carbonyl (C=O) groups is 3. The molecule has 1 N–H and O–H groups in total. The lowest BCUT2D eigenvalue weighted by molar-refractivity contribution is -0.150. The summed E-state index contributed by atoms with van der Waals surface area (Å²) in [5.41, 5.74) is 0. The number of hydrogen-bond acceptors (Lipinski definition) is 4. The van der Waals surface area contributed by atoms with Gasteiger partial charge in [0.25, 0.3) is 0 Å². The molecule has 1 aliphatic heterocycles. The Morgan fingerprint density at radius 3 is 2.95 bits per heavy atom. The van der Waals surface area contributed by atoms with Crippen LogP contribution in [0, 0.1) is 0 Å². The van der Waals surface area contributed by atoms with E-state index in [1.165, 1.54) is 4.90 Å². The van der Waals surface area contributed by atoms with E-state index in [4.69, 9.17) is 0 Å². The van der Waals surface area contributed by atoms with Crippen LogP contribution in [0.3, 0.4) is 0 Å². The van der Waals surface area contributed by atoms with Gasteiger partial charge in [-0.05, 0) is 24.3 Å². The standard InChI is InChI=1S/C13H16N2O3S/c1-2-10-13(18)14-11(16)8-15(10)12(17)6-5-9-4-3-7-19-9/h3-4,7,10H,2,5-6,8H2,1H3,(H,14,16,18). The molecule has 1 atom stereocenters. The topological polar surface area (TPSA) is 66.5 Å². The van der Waals surface area contributed by atoms with Gasteiger partial charge in [0.1, 0.15) is 12.6 Å². The van der Waals surface area contributed by atoms with Crippen molar-refractivity contribution in [3.05, 3.63) is 22.4 Å². The third-order valence-electron chi connectivity index (χ3n) is 3.13. The first-order valence-corrected chi connectivity index (χ1v) is 7.15. The highest BCUT2D eigenvalue weighted by Crippen LogP contribution is 2.15. The number of rotatable bonds is 4. The van der Waals surface area contributed by atoms with Gasteiger partial charge in [0.2, 0.25) is 17.7 Å². The maximum absolute atomic E-state index is 12.2. The molecule has 1 aliphatic rings. The first kappa shape index (κ1) is 13.7. The van der Waals surface area contributed by atoms with Crippen LogP contribution in [0.2, 0.25) is 0 Å². The highest BCUT2D eigenvalue weighted by molar-refractivity contribution is 7.09. The molecular weight excluding hydrogens is 264 g/mol. The van der Waals surface area contributed by atoms with Crippen LogP contribution in [0.25, 0.3) is 0 Å². The molecule has 1 unspecified atom stereocenters. The molecule has 102 valence electrons. The van der Waals surface area contributed by atoms with Crippen molar-refractivity contribution < 1.29 is 14.4 Å². The second-order valence-corrected chi connectivity index (χ2v) is 5.47. The zero-order valence-corrected chi connectivity index (χ0v) is 11.5. The van der Waals surface area contributed by atoms with Gasteiger partial charge in [-0.3, -0.25) is 19.7 Å². The molecule has 0 saturated carbocycles. The number of hydrogen-bond donors (Lipinski definition) is 1. The summed E-state index contributed by atoms with van der Waals surface area (Å²) in [6.07, 6.45) is 1.50. The van der Waals surface area contributed by atoms with E-state index >= 15 is 0 Å². The molecule has 1 aromatic heterocycles. The van der Waals surface area contributed by atoms with Crippen LogP contribution in [0.4, 0.5) is 0 Å². The van der Waals surface area contributed by atoms with Gasteiger partial charge in [0.15, 0.2) is 0 Å². The molecule has 2 heterocycles. The van der Waals surface area contributed by atoms with Gasteiger partial charge in [0.05, 0.1) is 0 Å². The SMILES string of the molecule is CCC1C(=O)NC(=O)CN1C(=O)CCc1cccs1. The van der Waals surface area contributed by atoms with E-state index in [0.29, 0.717) is 19.3 Å². The summed E-state index contributed by atoms with van der Waals surface area (Å²) in [4.78, 5) is 37.7. The third kappa shape index (κ3) is 3.20. The van der Waals surface area contributed by atoms with Gasteiger partial charge in [-0.25, -0.2) is 0 Å². The van der Waals surface area contributed by atoms with Gasteiger partial charge < -0.3 is 4.90 Å². The van der Waals surface area contributed by atoms with E-state index in [9.17, 15) is 14.4 Å². The van der Waals surface area contributed by atoms with Gasteiger partial charge >= 0.3 is 0 Å². The van der Waals surface area contributed by atoms with Crippen molar-refractivity contribution in [2.45, 2.75) is 32.2 Å². The molecule has 3 amide bonds. The van der Waals surface area contributed by atoms with Gasteiger partial charge in [-0.15, -0.1) is 11.3 Å². The minimum atomic E-state index is -0.520. The minimum absolute atomic E-state index is 0.0203. The average Bonchev–Trinajstić information content (AvgIpc) is 2.88.